The smallest absolute Gasteiger partial charge is 0.252 e. The Morgan fingerprint density at radius 2 is 1.66 bits per heavy atom. The van der Waals surface area contributed by atoms with Crippen LogP contribution in [0.15, 0.2) is 60.0 Å². The molecule has 3 heterocycles. The van der Waals surface area contributed by atoms with Gasteiger partial charge in [0.25, 0.3) is 5.56 Å². The molecule has 2 fully saturated rings. The van der Waals surface area contributed by atoms with Gasteiger partial charge in [-0.2, -0.15) is 4.98 Å². The lowest BCUT2D eigenvalue weighted by molar-refractivity contribution is -0.130. The molecule has 2 aliphatic rings. The molecule has 218 valence electrons. The summed E-state index contributed by atoms with van der Waals surface area (Å²) in [4.78, 5) is 37.7. The van der Waals surface area contributed by atoms with E-state index in [9.17, 15) is 18.4 Å². The SMILES string of the molecule is C=CC(=O)N1CCN(C2(c3ccc([C@H](C)Nc4ncc5ccc(=O)n(C(C)C)c5n4)cc3)CCC(F)(F)CC2)CC1. The first-order chi connectivity index (χ1) is 19.5. The second-order valence-corrected chi connectivity index (χ2v) is 11.5. The van der Waals surface area contributed by atoms with Gasteiger partial charge < -0.3 is 10.2 Å². The van der Waals surface area contributed by atoms with Crippen molar-refractivity contribution in [2.75, 3.05) is 31.5 Å². The van der Waals surface area contributed by atoms with Crippen LogP contribution in [0.3, 0.4) is 0 Å². The summed E-state index contributed by atoms with van der Waals surface area (Å²) in [6.45, 7) is 11.9. The summed E-state index contributed by atoms with van der Waals surface area (Å²) in [6.07, 6.45) is 3.46. The Kier molecular flexibility index (Phi) is 7.96. The summed E-state index contributed by atoms with van der Waals surface area (Å²) in [6, 6.07) is 11.3. The summed E-state index contributed by atoms with van der Waals surface area (Å²) >= 11 is 0. The quantitative estimate of drug-likeness (QED) is 0.393. The van der Waals surface area contributed by atoms with Crippen molar-refractivity contribution in [1.82, 2.24) is 24.3 Å². The van der Waals surface area contributed by atoms with E-state index in [2.05, 4.69) is 38.9 Å². The van der Waals surface area contributed by atoms with Gasteiger partial charge in [0, 0.05) is 68.3 Å². The molecule has 3 aromatic rings. The first-order valence-corrected chi connectivity index (χ1v) is 14.3. The van der Waals surface area contributed by atoms with E-state index in [4.69, 9.17) is 0 Å². The van der Waals surface area contributed by atoms with Crippen molar-refractivity contribution in [3.63, 3.8) is 0 Å². The number of alkyl halides is 2. The normalized spacial score (nSPS) is 19.7. The maximum atomic E-state index is 14.3. The van der Waals surface area contributed by atoms with Crippen molar-refractivity contribution in [3.8, 4) is 0 Å². The number of piperazine rings is 1. The van der Waals surface area contributed by atoms with Crippen LogP contribution in [0.2, 0.25) is 0 Å². The Morgan fingerprint density at radius 3 is 2.27 bits per heavy atom. The fourth-order valence-corrected chi connectivity index (χ4v) is 6.27. The van der Waals surface area contributed by atoms with Crippen LogP contribution >= 0.6 is 0 Å². The third kappa shape index (κ3) is 5.75. The number of rotatable bonds is 7. The molecule has 8 nitrogen and oxygen atoms in total. The van der Waals surface area contributed by atoms with Crippen LogP contribution in [-0.2, 0) is 10.3 Å². The third-order valence-electron chi connectivity index (χ3n) is 8.66. The number of nitrogens with zero attached hydrogens (tertiary/aromatic N) is 5. The molecule has 1 amide bonds. The van der Waals surface area contributed by atoms with Gasteiger partial charge in [0.2, 0.25) is 17.8 Å². The molecule has 0 spiro atoms. The molecule has 1 aliphatic heterocycles. The lowest BCUT2D eigenvalue weighted by Gasteiger charge is -2.51. The second-order valence-electron chi connectivity index (χ2n) is 11.5. The van der Waals surface area contributed by atoms with Crippen molar-refractivity contribution in [2.45, 2.75) is 70.0 Å². The zero-order valence-electron chi connectivity index (χ0n) is 23.9. The Balaban J connectivity index is 1.37. The van der Waals surface area contributed by atoms with Crippen LogP contribution in [0.4, 0.5) is 14.7 Å². The monoisotopic (exact) mass is 564 g/mol. The highest BCUT2D eigenvalue weighted by Gasteiger charge is 2.48. The van der Waals surface area contributed by atoms with Crippen LogP contribution in [0.1, 0.15) is 69.7 Å². The molecule has 10 heteroatoms. The zero-order chi connectivity index (χ0) is 29.4. The van der Waals surface area contributed by atoms with E-state index in [1.165, 1.54) is 12.1 Å². The molecule has 2 aromatic heterocycles. The van der Waals surface area contributed by atoms with Gasteiger partial charge in [-0.25, -0.2) is 13.8 Å². The van der Waals surface area contributed by atoms with Crippen molar-refractivity contribution < 1.29 is 13.6 Å². The minimum absolute atomic E-state index is 0.0450. The average Bonchev–Trinajstić information content (AvgIpc) is 2.97. The van der Waals surface area contributed by atoms with Crippen LogP contribution in [0.5, 0.6) is 0 Å². The fourth-order valence-electron chi connectivity index (χ4n) is 6.27. The molecule has 1 aliphatic carbocycles. The van der Waals surface area contributed by atoms with E-state index in [0.717, 1.165) is 16.5 Å². The second kappa shape index (κ2) is 11.3. The minimum Gasteiger partial charge on any atom is -0.348 e. The maximum absolute atomic E-state index is 14.3. The van der Waals surface area contributed by atoms with Gasteiger partial charge in [-0.1, -0.05) is 30.8 Å². The largest absolute Gasteiger partial charge is 0.348 e. The summed E-state index contributed by atoms with van der Waals surface area (Å²) in [5, 5.41) is 4.14. The van der Waals surface area contributed by atoms with E-state index in [0.29, 0.717) is 50.6 Å². The van der Waals surface area contributed by atoms with Gasteiger partial charge in [-0.05, 0) is 56.9 Å². The number of aromatic nitrogens is 3. The number of carbonyl (C=O) groups is 1. The number of halogens is 2. The van der Waals surface area contributed by atoms with Gasteiger partial charge >= 0.3 is 0 Å². The van der Waals surface area contributed by atoms with Crippen LogP contribution in [0.25, 0.3) is 11.0 Å². The van der Waals surface area contributed by atoms with E-state index in [1.807, 2.05) is 32.9 Å². The number of hydrogen-bond donors (Lipinski definition) is 1. The van der Waals surface area contributed by atoms with Crippen LogP contribution < -0.4 is 10.9 Å². The predicted octanol–water partition coefficient (Wildman–Crippen LogP) is 5.28. The molecular formula is C31H38F2N6O2. The van der Waals surface area contributed by atoms with Gasteiger partial charge in [0.15, 0.2) is 0 Å². The number of pyridine rings is 1. The molecule has 1 aromatic carbocycles. The van der Waals surface area contributed by atoms with Crippen molar-refractivity contribution in [1.29, 1.82) is 0 Å². The van der Waals surface area contributed by atoms with Crippen molar-refractivity contribution >= 4 is 22.9 Å². The predicted molar refractivity (Wildman–Crippen MR) is 156 cm³/mol. The average molecular weight is 565 g/mol. The fraction of sp³-hybridized carbons (Fsp3) is 0.484. The number of benzene rings is 1. The topological polar surface area (TPSA) is 83.4 Å². The molecule has 1 saturated carbocycles. The number of fused-ring (bicyclic) bond motifs is 1. The number of nitrogens with one attached hydrogen (secondary N) is 1. The molecule has 1 atom stereocenters. The van der Waals surface area contributed by atoms with E-state index in [-0.39, 0.29) is 36.4 Å². The molecule has 1 saturated heterocycles. The zero-order valence-corrected chi connectivity index (χ0v) is 23.9. The summed E-state index contributed by atoms with van der Waals surface area (Å²) in [5.74, 6) is -2.32. The highest BCUT2D eigenvalue weighted by Crippen LogP contribution is 2.48. The molecule has 5 rings (SSSR count). The first-order valence-electron chi connectivity index (χ1n) is 14.3. The van der Waals surface area contributed by atoms with E-state index < -0.39 is 11.5 Å². The maximum Gasteiger partial charge on any atom is 0.252 e. The minimum atomic E-state index is -2.65. The summed E-state index contributed by atoms with van der Waals surface area (Å²) in [7, 11) is 0. The van der Waals surface area contributed by atoms with Gasteiger partial charge in [-0.15, -0.1) is 0 Å². The summed E-state index contributed by atoms with van der Waals surface area (Å²) < 4.78 is 30.2. The Labute approximate surface area is 239 Å². The van der Waals surface area contributed by atoms with Crippen LogP contribution in [-0.4, -0.2) is 62.3 Å². The Bertz CT molecular complexity index is 1470. The lowest BCUT2D eigenvalue weighted by atomic mass is 9.73. The molecule has 0 radical (unpaired) electrons. The highest BCUT2D eigenvalue weighted by atomic mass is 19.3. The standard InChI is InChI=1S/C31H38F2N6O2/c1-5-26(40)37-16-18-38(19-17-37)30(12-14-31(32,33)15-13-30)25-9-6-23(7-10-25)22(4)35-29-34-20-24-8-11-27(41)39(21(2)3)28(24)36-29/h5-11,20-22H,1,12-19H2,2-4H3,(H,34,35,36)/t22-/m0/s1. The Hall–Kier alpha value is -3.66. The van der Waals surface area contributed by atoms with Gasteiger partial charge in [-0.3, -0.25) is 19.1 Å². The summed E-state index contributed by atoms with van der Waals surface area (Å²) in [5.41, 5.74) is 2.00. The molecule has 0 bridgehead atoms. The highest BCUT2D eigenvalue weighted by molar-refractivity contribution is 5.87. The molecule has 41 heavy (non-hydrogen) atoms. The van der Waals surface area contributed by atoms with Crippen molar-refractivity contribution in [3.05, 3.63) is 76.7 Å². The van der Waals surface area contributed by atoms with E-state index in [1.54, 1.807) is 21.7 Å². The molecule has 1 N–H and O–H groups in total. The first kappa shape index (κ1) is 28.9. The number of hydrogen-bond acceptors (Lipinski definition) is 6. The van der Waals surface area contributed by atoms with E-state index >= 15 is 0 Å². The number of carbonyl (C=O) groups excluding carboxylic acids is 1. The number of amides is 1. The van der Waals surface area contributed by atoms with Gasteiger partial charge in [0.05, 0.1) is 6.04 Å². The molecule has 0 unspecified atom stereocenters. The van der Waals surface area contributed by atoms with Gasteiger partial charge in [0.1, 0.15) is 5.65 Å². The van der Waals surface area contributed by atoms with Crippen LogP contribution in [0, 0.1) is 0 Å². The lowest BCUT2D eigenvalue weighted by Crippen LogP contribution is -2.58. The third-order valence-corrected chi connectivity index (χ3v) is 8.66. The Morgan fingerprint density at radius 1 is 1.00 bits per heavy atom. The molecular weight excluding hydrogens is 526 g/mol. The number of anilines is 1. The van der Waals surface area contributed by atoms with Crippen molar-refractivity contribution in [2.24, 2.45) is 0 Å².